The first-order chi connectivity index (χ1) is 7.34. The lowest BCUT2D eigenvalue weighted by molar-refractivity contribution is -0.136. The third kappa shape index (κ3) is 3.08. The van der Waals surface area contributed by atoms with Crippen LogP contribution in [0.4, 0.5) is 0 Å². The van der Waals surface area contributed by atoms with Gasteiger partial charge in [-0.3, -0.25) is 9.48 Å². The van der Waals surface area contributed by atoms with Crippen LogP contribution >= 0.6 is 0 Å². The molecular formula is C12H20N2O2. The van der Waals surface area contributed by atoms with E-state index < -0.39 is 5.97 Å². The van der Waals surface area contributed by atoms with Crippen LogP contribution in [-0.4, -0.2) is 20.9 Å². The molecule has 0 aliphatic heterocycles. The molecule has 90 valence electrons. The van der Waals surface area contributed by atoms with Gasteiger partial charge < -0.3 is 5.11 Å². The molecule has 1 heterocycles. The molecule has 0 aliphatic rings. The van der Waals surface area contributed by atoms with E-state index in [9.17, 15) is 4.79 Å². The fraction of sp³-hybridized carbons (Fsp3) is 0.667. The lowest BCUT2D eigenvalue weighted by Crippen LogP contribution is -2.25. The summed E-state index contributed by atoms with van der Waals surface area (Å²) in [6, 6.07) is 2.01. The van der Waals surface area contributed by atoms with Crippen molar-refractivity contribution in [3.63, 3.8) is 0 Å². The number of carboxylic acid groups (broad SMARTS) is 1. The third-order valence-corrected chi connectivity index (χ3v) is 2.43. The monoisotopic (exact) mass is 224 g/mol. The number of rotatable bonds is 4. The molecule has 1 aromatic heterocycles. The van der Waals surface area contributed by atoms with Crippen LogP contribution in [0.3, 0.4) is 0 Å². The van der Waals surface area contributed by atoms with Crippen LogP contribution in [-0.2, 0) is 23.2 Å². The van der Waals surface area contributed by atoms with Crippen molar-refractivity contribution in [2.75, 3.05) is 0 Å². The molecule has 0 atom stereocenters. The third-order valence-electron chi connectivity index (χ3n) is 2.43. The Balaban J connectivity index is 2.90. The summed E-state index contributed by atoms with van der Waals surface area (Å²) in [7, 11) is 0. The Morgan fingerprint density at radius 3 is 2.50 bits per heavy atom. The van der Waals surface area contributed by atoms with Crippen molar-refractivity contribution in [2.45, 2.75) is 52.5 Å². The van der Waals surface area contributed by atoms with Crippen molar-refractivity contribution in [1.29, 1.82) is 0 Å². The van der Waals surface area contributed by atoms with Crippen molar-refractivity contribution in [3.8, 4) is 0 Å². The highest BCUT2D eigenvalue weighted by atomic mass is 16.4. The zero-order valence-corrected chi connectivity index (χ0v) is 10.4. The summed E-state index contributed by atoms with van der Waals surface area (Å²) in [4.78, 5) is 10.5. The number of aliphatic carboxylic acids is 1. The minimum absolute atomic E-state index is 0.0488. The van der Waals surface area contributed by atoms with Crippen molar-refractivity contribution in [1.82, 2.24) is 9.78 Å². The van der Waals surface area contributed by atoms with Crippen LogP contribution in [0.5, 0.6) is 0 Å². The average molecular weight is 224 g/mol. The molecule has 0 amide bonds. The highest BCUT2D eigenvalue weighted by Gasteiger charge is 2.18. The summed E-state index contributed by atoms with van der Waals surface area (Å²) in [6.07, 6.45) is 1.56. The van der Waals surface area contributed by atoms with Crippen molar-refractivity contribution in [2.24, 2.45) is 0 Å². The van der Waals surface area contributed by atoms with Gasteiger partial charge in [-0.2, -0.15) is 5.10 Å². The Kier molecular flexibility index (Phi) is 3.73. The van der Waals surface area contributed by atoms with E-state index in [-0.39, 0.29) is 12.0 Å². The lowest BCUT2D eigenvalue weighted by atomic mass is 10.1. The molecule has 4 heteroatoms. The van der Waals surface area contributed by atoms with Crippen molar-refractivity contribution in [3.05, 3.63) is 17.5 Å². The molecule has 1 N–H and O–H groups in total. The molecule has 0 saturated heterocycles. The number of aromatic nitrogens is 2. The largest absolute Gasteiger partial charge is 0.481 e. The first kappa shape index (κ1) is 12.7. The molecule has 0 radical (unpaired) electrons. The van der Waals surface area contributed by atoms with E-state index in [4.69, 9.17) is 5.11 Å². The summed E-state index contributed by atoms with van der Waals surface area (Å²) in [5.74, 6) is -0.775. The minimum atomic E-state index is -0.775. The van der Waals surface area contributed by atoms with Gasteiger partial charge in [0.2, 0.25) is 0 Å². The first-order valence-electron chi connectivity index (χ1n) is 5.64. The molecule has 0 unspecified atom stereocenters. The van der Waals surface area contributed by atoms with E-state index in [1.54, 1.807) is 0 Å². The van der Waals surface area contributed by atoms with Crippen LogP contribution in [0.1, 0.15) is 45.5 Å². The zero-order chi connectivity index (χ0) is 12.3. The van der Waals surface area contributed by atoms with Gasteiger partial charge in [0, 0.05) is 12.1 Å². The second kappa shape index (κ2) is 4.68. The van der Waals surface area contributed by atoms with Crippen molar-refractivity contribution >= 4 is 5.97 Å². The SMILES string of the molecule is CCc1cc(CCC(=O)O)nn1C(C)(C)C. The molecule has 0 aromatic carbocycles. The van der Waals surface area contributed by atoms with Gasteiger partial charge in [0.1, 0.15) is 0 Å². The molecule has 1 aromatic rings. The molecule has 0 fully saturated rings. The highest BCUT2D eigenvalue weighted by Crippen LogP contribution is 2.18. The van der Waals surface area contributed by atoms with Crippen LogP contribution < -0.4 is 0 Å². The number of aryl methyl sites for hydroxylation is 2. The van der Waals surface area contributed by atoms with Gasteiger partial charge in [0.15, 0.2) is 0 Å². The molecule has 0 aliphatic carbocycles. The van der Waals surface area contributed by atoms with Crippen LogP contribution in [0.15, 0.2) is 6.07 Å². The van der Waals surface area contributed by atoms with E-state index in [2.05, 4.69) is 32.8 Å². The Labute approximate surface area is 96.3 Å². The normalized spacial score (nSPS) is 11.8. The van der Waals surface area contributed by atoms with Gasteiger partial charge in [-0.25, -0.2) is 0 Å². The van der Waals surface area contributed by atoms with Gasteiger partial charge in [-0.1, -0.05) is 6.92 Å². The summed E-state index contributed by atoms with van der Waals surface area (Å²) in [5.41, 5.74) is 1.98. The van der Waals surface area contributed by atoms with Crippen LogP contribution in [0.2, 0.25) is 0 Å². The zero-order valence-electron chi connectivity index (χ0n) is 10.4. The molecule has 0 saturated carbocycles. The summed E-state index contributed by atoms with van der Waals surface area (Å²) in [5, 5.41) is 13.1. The maximum absolute atomic E-state index is 10.5. The van der Waals surface area contributed by atoms with E-state index >= 15 is 0 Å². The van der Waals surface area contributed by atoms with Gasteiger partial charge in [-0.05, 0) is 33.3 Å². The van der Waals surface area contributed by atoms with Gasteiger partial charge in [0.05, 0.1) is 17.7 Å². The number of carboxylic acids is 1. The summed E-state index contributed by atoms with van der Waals surface area (Å²) < 4.78 is 1.99. The summed E-state index contributed by atoms with van der Waals surface area (Å²) >= 11 is 0. The molecule has 4 nitrogen and oxygen atoms in total. The Hall–Kier alpha value is -1.32. The maximum atomic E-state index is 10.5. The van der Waals surface area contributed by atoms with E-state index in [1.165, 1.54) is 0 Å². The van der Waals surface area contributed by atoms with Crippen LogP contribution in [0.25, 0.3) is 0 Å². The number of hydrogen-bond acceptors (Lipinski definition) is 2. The number of carbonyl (C=O) groups is 1. The number of hydrogen-bond donors (Lipinski definition) is 1. The highest BCUT2D eigenvalue weighted by molar-refractivity contribution is 5.66. The quantitative estimate of drug-likeness (QED) is 0.853. The fourth-order valence-electron chi connectivity index (χ4n) is 1.66. The molecule has 16 heavy (non-hydrogen) atoms. The molecular weight excluding hydrogens is 204 g/mol. The minimum Gasteiger partial charge on any atom is -0.481 e. The topological polar surface area (TPSA) is 55.1 Å². The Morgan fingerprint density at radius 1 is 1.50 bits per heavy atom. The molecule has 1 rings (SSSR count). The molecule has 0 bridgehead atoms. The van der Waals surface area contributed by atoms with Gasteiger partial charge in [-0.15, -0.1) is 0 Å². The van der Waals surface area contributed by atoms with E-state index in [1.807, 2.05) is 10.7 Å². The predicted octanol–water partition coefficient (Wildman–Crippen LogP) is 2.22. The van der Waals surface area contributed by atoms with Gasteiger partial charge >= 0.3 is 5.97 Å². The fourth-order valence-corrected chi connectivity index (χ4v) is 1.66. The van der Waals surface area contributed by atoms with E-state index in [0.717, 1.165) is 17.8 Å². The second-order valence-electron chi connectivity index (χ2n) is 4.96. The number of nitrogens with zero attached hydrogens (tertiary/aromatic N) is 2. The first-order valence-corrected chi connectivity index (χ1v) is 5.64. The van der Waals surface area contributed by atoms with Gasteiger partial charge in [0.25, 0.3) is 0 Å². The molecule has 0 spiro atoms. The van der Waals surface area contributed by atoms with E-state index in [0.29, 0.717) is 6.42 Å². The second-order valence-corrected chi connectivity index (χ2v) is 4.96. The Bertz CT molecular complexity index is 375. The maximum Gasteiger partial charge on any atom is 0.303 e. The average Bonchev–Trinajstić information content (AvgIpc) is 2.57. The standard InChI is InChI=1S/C12H20N2O2/c1-5-10-8-9(6-7-11(15)16)13-14(10)12(2,3)4/h8H,5-7H2,1-4H3,(H,15,16). The lowest BCUT2D eigenvalue weighted by Gasteiger charge is -2.22. The smallest absolute Gasteiger partial charge is 0.303 e. The predicted molar refractivity (Wildman–Crippen MR) is 62.6 cm³/mol. The van der Waals surface area contributed by atoms with Crippen molar-refractivity contribution < 1.29 is 9.90 Å². The van der Waals surface area contributed by atoms with Crippen LogP contribution in [0, 0.1) is 0 Å². The Morgan fingerprint density at radius 2 is 2.12 bits per heavy atom. The summed E-state index contributed by atoms with van der Waals surface area (Å²) in [6.45, 7) is 8.38.